The summed E-state index contributed by atoms with van der Waals surface area (Å²) in [5.41, 5.74) is 2.48. The van der Waals surface area contributed by atoms with Gasteiger partial charge in [0, 0.05) is 17.9 Å². The molecule has 1 saturated carbocycles. The maximum Gasteiger partial charge on any atom is 0.0832 e. The lowest BCUT2D eigenvalue weighted by molar-refractivity contribution is 0.269. The van der Waals surface area contributed by atoms with E-state index in [0.717, 1.165) is 18.2 Å². The zero-order valence-electron chi connectivity index (χ0n) is 10.3. The quantitative estimate of drug-likeness (QED) is 0.830. The number of nitrogens with zero attached hydrogens (tertiary/aromatic N) is 1. The molecule has 0 spiro atoms. The van der Waals surface area contributed by atoms with E-state index in [1.807, 2.05) is 0 Å². The summed E-state index contributed by atoms with van der Waals surface area (Å²) in [7, 11) is 0. The third kappa shape index (κ3) is 2.49. The lowest BCUT2D eigenvalue weighted by Gasteiger charge is -2.22. The minimum atomic E-state index is 0.165. The van der Waals surface area contributed by atoms with Crippen LogP contribution in [0.4, 0.5) is 0 Å². The molecule has 1 aliphatic carbocycles. The van der Waals surface area contributed by atoms with E-state index >= 15 is 0 Å². The molecule has 2 nitrogen and oxygen atoms in total. The van der Waals surface area contributed by atoms with Gasteiger partial charge in [0.15, 0.2) is 0 Å². The molecule has 2 rings (SSSR count). The Bertz CT molecular complexity index is 323. The van der Waals surface area contributed by atoms with Crippen LogP contribution in [0.2, 0.25) is 0 Å². The van der Waals surface area contributed by atoms with Crippen LogP contribution in [0.3, 0.4) is 0 Å². The summed E-state index contributed by atoms with van der Waals surface area (Å²) in [6.07, 6.45) is 8.22. The van der Waals surface area contributed by atoms with E-state index in [1.165, 1.54) is 44.2 Å². The molecule has 0 saturated heterocycles. The van der Waals surface area contributed by atoms with Crippen molar-refractivity contribution < 1.29 is 5.11 Å². The monoisotopic (exact) mass is 221 g/mol. The third-order valence-corrected chi connectivity index (χ3v) is 3.86. The number of rotatable bonds is 4. The van der Waals surface area contributed by atoms with Gasteiger partial charge in [0.2, 0.25) is 0 Å². The van der Waals surface area contributed by atoms with Crippen LogP contribution in [-0.2, 0) is 19.6 Å². The molecule has 16 heavy (non-hydrogen) atoms. The molecule has 0 radical (unpaired) electrons. The number of aliphatic hydroxyl groups excluding tert-OH is 1. The summed E-state index contributed by atoms with van der Waals surface area (Å²) >= 11 is 0. The van der Waals surface area contributed by atoms with Crippen molar-refractivity contribution in [2.24, 2.45) is 5.92 Å². The van der Waals surface area contributed by atoms with Crippen LogP contribution in [0.5, 0.6) is 0 Å². The fourth-order valence-corrected chi connectivity index (χ4v) is 2.97. The van der Waals surface area contributed by atoms with Crippen LogP contribution in [0.1, 0.15) is 50.4 Å². The molecule has 1 N–H and O–H groups in total. The van der Waals surface area contributed by atoms with Gasteiger partial charge in [-0.25, -0.2) is 0 Å². The second-order valence-corrected chi connectivity index (χ2v) is 4.93. The first kappa shape index (κ1) is 11.7. The molecule has 90 valence electrons. The van der Waals surface area contributed by atoms with Gasteiger partial charge < -0.3 is 9.67 Å². The second-order valence-electron chi connectivity index (χ2n) is 4.93. The first-order valence-electron chi connectivity index (χ1n) is 6.63. The highest BCUT2D eigenvalue weighted by Crippen LogP contribution is 2.27. The fraction of sp³-hybridized carbons (Fsp3) is 0.714. The van der Waals surface area contributed by atoms with Crippen molar-refractivity contribution in [3.05, 3.63) is 23.5 Å². The summed E-state index contributed by atoms with van der Waals surface area (Å²) in [5, 5.41) is 9.25. The zero-order chi connectivity index (χ0) is 11.4. The van der Waals surface area contributed by atoms with Crippen molar-refractivity contribution in [2.45, 2.75) is 58.6 Å². The number of hydrogen-bond donors (Lipinski definition) is 1. The molecule has 1 aliphatic rings. The van der Waals surface area contributed by atoms with Crippen LogP contribution in [-0.4, -0.2) is 9.67 Å². The molecule has 1 aromatic heterocycles. The number of aromatic nitrogens is 1. The van der Waals surface area contributed by atoms with Gasteiger partial charge in [-0.05, 0) is 31.4 Å². The Morgan fingerprint density at radius 1 is 1.19 bits per heavy atom. The van der Waals surface area contributed by atoms with Crippen molar-refractivity contribution in [2.75, 3.05) is 0 Å². The van der Waals surface area contributed by atoms with Gasteiger partial charge in [0.25, 0.3) is 0 Å². The van der Waals surface area contributed by atoms with Crippen LogP contribution in [0, 0.1) is 5.92 Å². The van der Waals surface area contributed by atoms with Crippen LogP contribution >= 0.6 is 0 Å². The van der Waals surface area contributed by atoms with Crippen molar-refractivity contribution in [3.8, 4) is 0 Å². The van der Waals surface area contributed by atoms with E-state index in [1.54, 1.807) is 0 Å². The Hall–Kier alpha value is -0.760. The largest absolute Gasteiger partial charge is 0.390 e. The van der Waals surface area contributed by atoms with Gasteiger partial charge in [-0.2, -0.15) is 0 Å². The third-order valence-electron chi connectivity index (χ3n) is 3.86. The van der Waals surface area contributed by atoms with E-state index in [9.17, 15) is 5.11 Å². The van der Waals surface area contributed by atoms with E-state index in [0.29, 0.717) is 0 Å². The van der Waals surface area contributed by atoms with Crippen LogP contribution in [0.15, 0.2) is 12.1 Å². The normalized spacial score (nSPS) is 17.9. The maximum atomic E-state index is 9.25. The standard InChI is InChI=1S/C14H23NO/c1-2-15-13(8-9-14(15)11-16)10-12-6-4-3-5-7-12/h8-9,12,16H,2-7,10-11H2,1H3. The molecule has 0 amide bonds. The SMILES string of the molecule is CCn1c(CO)ccc1CC1CCCCC1. The summed E-state index contributed by atoms with van der Waals surface area (Å²) in [6.45, 7) is 3.30. The highest BCUT2D eigenvalue weighted by molar-refractivity contribution is 5.16. The van der Waals surface area contributed by atoms with Gasteiger partial charge >= 0.3 is 0 Å². The Balaban J connectivity index is 2.05. The van der Waals surface area contributed by atoms with E-state index in [-0.39, 0.29) is 6.61 Å². The lowest BCUT2D eigenvalue weighted by Crippen LogP contribution is -2.13. The molecular weight excluding hydrogens is 198 g/mol. The van der Waals surface area contributed by atoms with Crippen LogP contribution < -0.4 is 0 Å². The molecule has 0 bridgehead atoms. The summed E-state index contributed by atoms with van der Waals surface area (Å²) in [6, 6.07) is 4.27. The van der Waals surface area contributed by atoms with Crippen molar-refractivity contribution in [1.82, 2.24) is 4.57 Å². The number of aliphatic hydroxyl groups is 1. The minimum absolute atomic E-state index is 0.165. The van der Waals surface area contributed by atoms with Gasteiger partial charge in [-0.3, -0.25) is 0 Å². The molecular formula is C14H23NO. The van der Waals surface area contributed by atoms with Gasteiger partial charge in [-0.1, -0.05) is 32.1 Å². The van der Waals surface area contributed by atoms with E-state index in [4.69, 9.17) is 0 Å². The summed E-state index contributed by atoms with van der Waals surface area (Å²) in [5.74, 6) is 0.875. The molecule has 1 heterocycles. The van der Waals surface area contributed by atoms with E-state index < -0.39 is 0 Å². The predicted molar refractivity (Wildman–Crippen MR) is 66.3 cm³/mol. The molecule has 0 atom stereocenters. The Kier molecular flexibility index (Phi) is 4.05. The summed E-state index contributed by atoms with van der Waals surface area (Å²) in [4.78, 5) is 0. The molecule has 1 fully saturated rings. The Morgan fingerprint density at radius 2 is 1.88 bits per heavy atom. The topological polar surface area (TPSA) is 25.2 Å². The van der Waals surface area contributed by atoms with Crippen molar-refractivity contribution >= 4 is 0 Å². The molecule has 0 aromatic carbocycles. The maximum absolute atomic E-state index is 9.25. The smallest absolute Gasteiger partial charge is 0.0832 e. The Morgan fingerprint density at radius 3 is 2.50 bits per heavy atom. The second kappa shape index (κ2) is 5.53. The Labute approximate surface area is 98.3 Å². The molecule has 0 unspecified atom stereocenters. The average molecular weight is 221 g/mol. The van der Waals surface area contributed by atoms with E-state index in [2.05, 4.69) is 23.6 Å². The molecule has 1 aromatic rings. The molecule has 0 aliphatic heterocycles. The highest BCUT2D eigenvalue weighted by Gasteiger charge is 2.16. The first-order valence-corrected chi connectivity index (χ1v) is 6.63. The van der Waals surface area contributed by atoms with Gasteiger partial charge in [0.1, 0.15) is 0 Å². The summed E-state index contributed by atoms with van der Waals surface area (Å²) < 4.78 is 2.27. The zero-order valence-corrected chi connectivity index (χ0v) is 10.3. The van der Waals surface area contributed by atoms with Crippen LogP contribution in [0.25, 0.3) is 0 Å². The first-order chi connectivity index (χ1) is 7.85. The molecule has 2 heteroatoms. The predicted octanol–water partition coefficient (Wildman–Crippen LogP) is 3.12. The van der Waals surface area contributed by atoms with Crippen molar-refractivity contribution in [3.63, 3.8) is 0 Å². The van der Waals surface area contributed by atoms with Crippen molar-refractivity contribution in [1.29, 1.82) is 0 Å². The average Bonchev–Trinajstić information content (AvgIpc) is 2.72. The lowest BCUT2D eigenvalue weighted by atomic mass is 9.86. The van der Waals surface area contributed by atoms with Gasteiger partial charge in [0.05, 0.1) is 6.61 Å². The highest BCUT2D eigenvalue weighted by atomic mass is 16.3. The van der Waals surface area contributed by atoms with Gasteiger partial charge in [-0.15, -0.1) is 0 Å². The number of hydrogen-bond acceptors (Lipinski definition) is 1. The minimum Gasteiger partial charge on any atom is -0.390 e. The fourth-order valence-electron chi connectivity index (χ4n) is 2.97.